The molecule has 1 heteroatoms. The van der Waals surface area contributed by atoms with Crippen LogP contribution in [0.2, 0.25) is 0 Å². The smallest absolute Gasteiger partial charge is 0.0404 e. The van der Waals surface area contributed by atoms with Crippen molar-refractivity contribution in [3.05, 3.63) is 34.9 Å². The topological polar surface area (TPSA) is 3.24 Å². The Labute approximate surface area is 98.5 Å². The van der Waals surface area contributed by atoms with Gasteiger partial charge in [-0.25, -0.2) is 0 Å². The van der Waals surface area contributed by atoms with E-state index >= 15 is 0 Å². The first-order chi connectivity index (χ1) is 7.60. The highest BCUT2D eigenvalue weighted by molar-refractivity contribution is 5.41. The first-order valence-corrected chi connectivity index (χ1v) is 6.40. The van der Waals surface area contributed by atoms with Gasteiger partial charge in [-0.2, -0.15) is 0 Å². The molecule has 0 amide bonds. The van der Waals surface area contributed by atoms with Crippen LogP contribution in [0.3, 0.4) is 0 Å². The zero-order chi connectivity index (χ0) is 11.3. The van der Waals surface area contributed by atoms with Gasteiger partial charge in [-0.05, 0) is 56.3 Å². The molecule has 1 aliphatic carbocycles. The minimum Gasteiger partial charge on any atom is -0.299 e. The lowest BCUT2D eigenvalue weighted by Gasteiger charge is -2.43. The maximum absolute atomic E-state index is 2.56. The van der Waals surface area contributed by atoms with Gasteiger partial charge in [-0.3, -0.25) is 4.90 Å². The van der Waals surface area contributed by atoms with Gasteiger partial charge in [0.15, 0.2) is 0 Å². The number of hydrogen-bond acceptors (Lipinski definition) is 1. The van der Waals surface area contributed by atoms with E-state index in [0.29, 0.717) is 11.5 Å². The molecule has 1 aromatic carbocycles. The zero-order valence-corrected chi connectivity index (χ0v) is 10.6. The van der Waals surface area contributed by atoms with E-state index in [4.69, 9.17) is 0 Å². The predicted molar refractivity (Wildman–Crippen MR) is 67.6 cm³/mol. The van der Waals surface area contributed by atoms with Crippen LogP contribution in [-0.2, 0) is 6.42 Å². The van der Waals surface area contributed by atoms with Crippen LogP contribution < -0.4 is 0 Å². The van der Waals surface area contributed by atoms with E-state index in [0.717, 1.165) is 0 Å². The van der Waals surface area contributed by atoms with Crippen molar-refractivity contribution in [2.75, 3.05) is 13.6 Å². The highest BCUT2D eigenvalue weighted by Crippen LogP contribution is 2.53. The molecule has 2 aliphatic rings. The minimum absolute atomic E-state index is 0.489. The molecule has 2 atom stereocenters. The first-order valence-electron chi connectivity index (χ1n) is 6.40. The average molecular weight is 215 g/mol. The van der Waals surface area contributed by atoms with Crippen molar-refractivity contribution in [3.8, 4) is 0 Å². The standard InChI is InChI=1S/C15H21N/c1-11-5-6-12-10-15(2)7-4-8-16(3)14(15)13(12)9-11/h5-6,9,14H,4,7-8,10H2,1-3H3/t14-,15+/m1/s1. The lowest BCUT2D eigenvalue weighted by Crippen LogP contribution is -2.40. The molecule has 1 heterocycles. The van der Waals surface area contributed by atoms with Crippen molar-refractivity contribution in [1.29, 1.82) is 0 Å². The summed E-state index contributed by atoms with van der Waals surface area (Å²) in [7, 11) is 2.29. The highest BCUT2D eigenvalue weighted by atomic mass is 15.2. The van der Waals surface area contributed by atoms with Crippen molar-refractivity contribution >= 4 is 0 Å². The van der Waals surface area contributed by atoms with Gasteiger partial charge in [0.05, 0.1) is 0 Å². The molecular weight excluding hydrogens is 194 g/mol. The molecule has 0 unspecified atom stereocenters. The molecule has 0 aromatic heterocycles. The predicted octanol–water partition coefficient (Wildman–Crippen LogP) is 3.32. The van der Waals surface area contributed by atoms with Crippen molar-refractivity contribution in [1.82, 2.24) is 4.90 Å². The average Bonchev–Trinajstić information content (AvgIpc) is 2.50. The molecule has 0 N–H and O–H groups in total. The van der Waals surface area contributed by atoms with Gasteiger partial charge in [0.1, 0.15) is 0 Å². The van der Waals surface area contributed by atoms with E-state index in [1.807, 2.05) is 0 Å². The number of aryl methyl sites for hydroxylation is 1. The largest absolute Gasteiger partial charge is 0.299 e. The molecule has 1 aliphatic heterocycles. The summed E-state index contributed by atoms with van der Waals surface area (Å²) >= 11 is 0. The second kappa shape index (κ2) is 3.33. The van der Waals surface area contributed by atoms with Crippen molar-refractivity contribution < 1.29 is 0 Å². The Morgan fingerprint density at radius 1 is 1.38 bits per heavy atom. The maximum Gasteiger partial charge on any atom is 0.0404 e. The van der Waals surface area contributed by atoms with E-state index in [1.165, 1.54) is 31.4 Å². The molecule has 1 aromatic rings. The van der Waals surface area contributed by atoms with Gasteiger partial charge in [0, 0.05) is 6.04 Å². The second-order valence-electron chi connectivity index (χ2n) is 6.02. The summed E-state index contributed by atoms with van der Waals surface area (Å²) in [6.45, 7) is 5.94. The maximum atomic E-state index is 2.56. The summed E-state index contributed by atoms with van der Waals surface area (Å²) in [6.07, 6.45) is 4.02. The Morgan fingerprint density at radius 2 is 2.19 bits per heavy atom. The van der Waals surface area contributed by atoms with Gasteiger partial charge in [-0.15, -0.1) is 0 Å². The number of fused-ring (bicyclic) bond motifs is 3. The summed E-state index contributed by atoms with van der Waals surface area (Å²) < 4.78 is 0. The third-order valence-corrected chi connectivity index (χ3v) is 4.55. The van der Waals surface area contributed by atoms with Crippen LogP contribution in [0, 0.1) is 12.3 Å². The first kappa shape index (κ1) is 10.3. The molecule has 1 saturated heterocycles. The third-order valence-electron chi connectivity index (χ3n) is 4.55. The third kappa shape index (κ3) is 1.34. The lowest BCUT2D eigenvalue weighted by molar-refractivity contribution is 0.0590. The summed E-state index contributed by atoms with van der Waals surface area (Å²) in [5, 5.41) is 0. The van der Waals surface area contributed by atoms with Crippen LogP contribution in [-0.4, -0.2) is 18.5 Å². The van der Waals surface area contributed by atoms with Gasteiger partial charge in [-0.1, -0.05) is 30.7 Å². The fourth-order valence-corrected chi connectivity index (χ4v) is 3.89. The summed E-state index contributed by atoms with van der Waals surface area (Å²) in [4.78, 5) is 2.56. The van der Waals surface area contributed by atoms with E-state index in [2.05, 4.69) is 44.0 Å². The zero-order valence-electron chi connectivity index (χ0n) is 10.6. The molecular formula is C15H21N. The summed E-state index contributed by atoms with van der Waals surface area (Å²) in [5.74, 6) is 0. The Bertz CT molecular complexity index is 423. The van der Waals surface area contributed by atoms with Crippen molar-refractivity contribution in [3.63, 3.8) is 0 Å². The Balaban J connectivity index is 2.11. The van der Waals surface area contributed by atoms with Crippen LogP contribution in [0.4, 0.5) is 0 Å². The van der Waals surface area contributed by atoms with Crippen LogP contribution >= 0.6 is 0 Å². The molecule has 0 saturated carbocycles. The summed E-state index contributed by atoms with van der Waals surface area (Å²) in [6, 6.07) is 7.69. The highest BCUT2D eigenvalue weighted by Gasteiger charge is 2.46. The van der Waals surface area contributed by atoms with Crippen LogP contribution in [0.25, 0.3) is 0 Å². The number of benzene rings is 1. The summed E-state index contributed by atoms with van der Waals surface area (Å²) in [5.41, 5.74) is 5.09. The molecule has 3 rings (SSSR count). The van der Waals surface area contributed by atoms with Gasteiger partial charge >= 0.3 is 0 Å². The van der Waals surface area contributed by atoms with Crippen LogP contribution in [0.5, 0.6) is 0 Å². The fourth-order valence-electron chi connectivity index (χ4n) is 3.89. The van der Waals surface area contributed by atoms with E-state index in [9.17, 15) is 0 Å². The molecule has 0 radical (unpaired) electrons. The Hall–Kier alpha value is -0.820. The molecule has 16 heavy (non-hydrogen) atoms. The molecule has 86 valence electrons. The molecule has 1 nitrogen and oxygen atoms in total. The Kier molecular flexibility index (Phi) is 2.16. The molecule has 0 bridgehead atoms. The normalized spacial score (nSPS) is 33.6. The Morgan fingerprint density at radius 3 is 3.00 bits per heavy atom. The fraction of sp³-hybridized carbons (Fsp3) is 0.600. The van der Waals surface area contributed by atoms with Crippen LogP contribution in [0.15, 0.2) is 18.2 Å². The minimum atomic E-state index is 0.489. The van der Waals surface area contributed by atoms with E-state index in [1.54, 1.807) is 11.1 Å². The molecule has 0 spiro atoms. The van der Waals surface area contributed by atoms with Crippen LogP contribution in [0.1, 0.15) is 42.5 Å². The lowest BCUT2D eigenvalue weighted by atomic mass is 9.75. The van der Waals surface area contributed by atoms with Gasteiger partial charge in [0.2, 0.25) is 0 Å². The van der Waals surface area contributed by atoms with Gasteiger partial charge < -0.3 is 0 Å². The number of piperidine rings is 1. The second-order valence-corrected chi connectivity index (χ2v) is 6.02. The number of hydrogen-bond donors (Lipinski definition) is 0. The molecule has 1 fully saturated rings. The van der Waals surface area contributed by atoms with Crippen molar-refractivity contribution in [2.45, 2.75) is 39.2 Å². The number of rotatable bonds is 0. The van der Waals surface area contributed by atoms with E-state index < -0.39 is 0 Å². The SMILES string of the molecule is Cc1ccc2c(c1)[C@H]1N(C)CCC[C@@]1(C)C2. The van der Waals surface area contributed by atoms with Crippen molar-refractivity contribution in [2.24, 2.45) is 5.41 Å². The number of likely N-dealkylation sites (tertiary alicyclic amines) is 1. The number of nitrogens with zero attached hydrogens (tertiary/aromatic N) is 1. The van der Waals surface area contributed by atoms with Gasteiger partial charge in [0.25, 0.3) is 0 Å². The quantitative estimate of drug-likeness (QED) is 0.641. The monoisotopic (exact) mass is 215 g/mol. The van der Waals surface area contributed by atoms with E-state index in [-0.39, 0.29) is 0 Å².